The Hall–Kier alpha value is -1.48. The first kappa shape index (κ1) is 16.4. The van der Waals surface area contributed by atoms with E-state index in [0.717, 1.165) is 12.8 Å². The SMILES string of the molecule is COC1(C2CCC(C(F)F)CC2)C=CC(c2ccccc2)C=C1. The number of rotatable bonds is 4. The average molecular weight is 318 g/mol. The van der Waals surface area contributed by atoms with E-state index in [0.29, 0.717) is 12.8 Å². The fraction of sp³-hybridized carbons (Fsp3) is 0.500. The predicted octanol–water partition coefficient (Wildman–Crippen LogP) is 5.35. The van der Waals surface area contributed by atoms with Gasteiger partial charge >= 0.3 is 0 Å². The molecule has 0 aromatic heterocycles. The largest absolute Gasteiger partial charge is 0.370 e. The van der Waals surface area contributed by atoms with E-state index in [4.69, 9.17) is 4.74 Å². The summed E-state index contributed by atoms with van der Waals surface area (Å²) in [6, 6.07) is 10.3. The van der Waals surface area contributed by atoms with Gasteiger partial charge in [0.15, 0.2) is 0 Å². The van der Waals surface area contributed by atoms with Gasteiger partial charge in [-0.1, -0.05) is 54.6 Å². The van der Waals surface area contributed by atoms with Crippen molar-refractivity contribution in [2.45, 2.75) is 43.6 Å². The van der Waals surface area contributed by atoms with Crippen molar-refractivity contribution in [2.24, 2.45) is 11.8 Å². The molecule has 0 atom stereocenters. The Labute approximate surface area is 137 Å². The molecule has 0 aliphatic heterocycles. The molecule has 0 spiro atoms. The van der Waals surface area contributed by atoms with Crippen LogP contribution in [0, 0.1) is 11.8 Å². The fourth-order valence-corrected chi connectivity index (χ4v) is 3.92. The minimum absolute atomic E-state index is 0.261. The van der Waals surface area contributed by atoms with Gasteiger partial charge in [-0.25, -0.2) is 8.78 Å². The van der Waals surface area contributed by atoms with Crippen LogP contribution in [0.1, 0.15) is 37.2 Å². The zero-order chi connectivity index (χ0) is 16.3. The third kappa shape index (κ3) is 3.40. The van der Waals surface area contributed by atoms with E-state index < -0.39 is 17.9 Å². The first-order valence-corrected chi connectivity index (χ1v) is 8.41. The minimum atomic E-state index is -2.19. The van der Waals surface area contributed by atoms with Crippen LogP contribution in [0.4, 0.5) is 8.78 Å². The molecule has 0 amide bonds. The van der Waals surface area contributed by atoms with E-state index in [1.54, 1.807) is 7.11 Å². The van der Waals surface area contributed by atoms with Crippen LogP contribution >= 0.6 is 0 Å². The lowest BCUT2D eigenvalue weighted by Crippen LogP contribution is -2.40. The summed E-state index contributed by atoms with van der Waals surface area (Å²) in [4.78, 5) is 0. The first-order valence-electron chi connectivity index (χ1n) is 8.41. The van der Waals surface area contributed by atoms with Crippen molar-refractivity contribution < 1.29 is 13.5 Å². The quantitative estimate of drug-likeness (QED) is 0.680. The van der Waals surface area contributed by atoms with Gasteiger partial charge in [-0.3, -0.25) is 0 Å². The van der Waals surface area contributed by atoms with Crippen LogP contribution in [0.15, 0.2) is 54.6 Å². The Morgan fingerprint density at radius 3 is 2.13 bits per heavy atom. The topological polar surface area (TPSA) is 9.23 Å². The molecule has 2 aliphatic carbocycles. The molecule has 1 fully saturated rings. The zero-order valence-electron chi connectivity index (χ0n) is 13.5. The molecule has 0 bridgehead atoms. The van der Waals surface area contributed by atoms with Gasteiger partial charge in [-0.05, 0) is 37.2 Å². The van der Waals surface area contributed by atoms with Crippen molar-refractivity contribution in [3.05, 3.63) is 60.2 Å². The highest BCUT2D eigenvalue weighted by Crippen LogP contribution is 2.43. The average Bonchev–Trinajstić information content (AvgIpc) is 2.62. The molecule has 0 unspecified atom stereocenters. The fourth-order valence-electron chi connectivity index (χ4n) is 3.92. The number of alkyl halides is 2. The molecule has 124 valence electrons. The van der Waals surface area contributed by atoms with Crippen molar-refractivity contribution in [1.82, 2.24) is 0 Å². The van der Waals surface area contributed by atoms with E-state index in [9.17, 15) is 8.78 Å². The Bertz CT molecular complexity index is 542. The standard InChI is InChI=1S/C20H24F2O/c1-23-20(18-9-7-17(8-10-18)19(21)22)13-11-16(12-14-20)15-5-3-2-4-6-15/h2-6,11-14,16-19H,7-10H2,1H3. The Kier molecular flexibility index (Phi) is 4.96. The Morgan fingerprint density at radius 1 is 1.00 bits per heavy atom. The molecule has 1 aromatic rings. The van der Waals surface area contributed by atoms with E-state index in [1.807, 2.05) is 18.2 Å². The monoisotopic (exact) mass is 318 g/mol. The molecule has 0 radical (unpaired) electrons. The van der Waals surface area contributed by atoms with Crippen LogP contribution in [0.3, 0.4) is 0 Å². The van der Waals surface area contributed by atoms with Crippen molar-refractivity contribution in [3.63, 3.8) is 0 Å². The lowest BCUT2D eigenvalue weighted by Gasteiger charge is -2.41. The summed E-state index contributed by atoms with van der Waals surface area (Å²) >= 11 is 0. The molecule has 0 saturated heterocycles. The van der Waals surface area contributed by atoms with Crippen molar-refractivity contribution >= 4 is 0 Å². The lowest BCUT2D eigenvalue weighted by atomic mass is 9.71. The lowest BCUT2D eigenvalue weighted by molar-refractivity contribution is -0.0196. The van der Waals surface area contributed by atoms with Crippen LogP contribution in [0.2, 0.25) is 0 Å². The van der Waals surface area contributed by atoms with Gasteiger partial charge < -0.3 is 4.74 Å². The number of methoxy groups -OCH3 is 1. The number of hydrogen-bond acceptors (Lipinski definition) is 1. The number of benzene rings is 1. The van der Waals surface area contributed by atoms with Crippen LogP contribution in [-0.2, 0) is 4.74 Å². The molecule has 3 rings (SSSR count). The zero-order valence-corrected chi connectivity index (χ0v) is 13.5. The molecule has 1 saturated carbocycles. The van der Waals surface area contributed by atoms with Crippen LogP contribution in [0.25, 0.3) is 0 Å². The van der Waals surface area contributed by atoms with E-state index >= 15 is 0 Å². The van der Waals surface area contributed by atoms with E-state index in [1.165, 1.54) is 5.56 Å². The summed E-state index contributed by atoms with van der Waals surface area (Å²) in [6.07, 6.45) is 9.23. The second-order valence-corrected chi connectivity index (χ2v) is 6.66. The van der Waals surface area contributed by atoms with Gasteiger partial charge in [0.05, 0.1) is 0 Å². The predicted molar refractivity (Wildman–Crippen MR) is 88.7 cm³/mol. The molecule has 23 heavy (non-hydrogen) atoms. The molecular formula is C20H24F2O. The van der Waals surface area contributed by atoms with Crippen molar-refractivity contribution in [1.29, 1.82) is 0 Å². The number of halogens is 2. The van der Waals surface area contributed by atoms with Crippen molar-refractivity contribution in [3.8, 4) is 0 Å². The molecular weight excluding hydrogens is 294 g/mol. The summed E-state index contributed by atoms with van der Waals surface area (Å²) in [7, 11) is 1.72. The highest BCUT2D eigenvalue weighted by molar-refractivity contribution is 5.36. The number of hydrogen-bond donors (Lipinski definition) is 0. The van der Waals surface area contributed by atoms with Gasteiger partial charge in [0.25, 0.3) is 0 Å². The Balaban J connectivity index is 1.71. The Morgan fingerprint density at radius 2 is 1.61 bits per heavy atom. The van der Waals surface area contributed by atoms with Gasteiger partial charge in [-0.15, -0.1) is 0 Å². The maximum Gasteiger partial charge on any atom is 0.241 e. The molecule has 0 N–H and O–H groups in total. The van der Waals surface area contributed by atoms with E-state index in [2.05, 4.69) is 36.4 Å². The van der Waals surface area contributed by atoms with Crippen LogP contribution < -0.4 is 0 Å². The highest BCUT2D eigenvalue weighted by atomic mass is 19.3. The van der Waals surface area contributed by atoms with Gasteiger partial charge in [-0.2, -0.15) is 0 Å². The van der Waals surface area contributed by atoms with Gasteiger partial charge in [0, 0.05) is 18.9 Å². The molecule has 3 heteroatoms. The van der Waals surface area contributed by atoms with E-state index in [-0.39, 0.29) is 11.8 Å². The second-order valence-electron chi connectivity index (χ2n) is 6.66. The normalized spacial score (nSPS) is 34.0. The van der Waals surface area contributed by atoms with Crippen LogP contribution in [-0.4, -0.2) is 19.1 Å². The molecule has 0 heterocycles. The third-order valence-electron chi connectivity index (χ3n) is 5.43. The summed E-state index contributed by atoms with van der Waals surface area (Å²) < 4.78 is 31.5. The number of allylic oxidation sites excluding steroid dienone is 2. The summed E-state index contributed by atoms with van der Waals surface area (Å²) in [5.41, 5.74) is 0.823. The molecule has 1 aromatic carbocycles. The highest BCUT2D eigenvalue weighted by Gasteiger charge is 2.40. The maximum atomic E-state index is 12.8. The second kappa shape index (κ2) is 6.96. The summed E-state index contributed by atoms with van der Waals surface area (Å²) in [6.45, 7) is 0. The maximum absolute atomic E-state index is 12.8. The minimum Gasteiger partial charge on any atom is -0.370 e. The molecule has 1 nitrogen and oxygen atoms in total. The molecule has 2 aliphatic rings. The van der Waals surface area contributed by atoms with Crippen LogP contribution in [0.5, 0.6) is 0 Å². The van der Waals surface area contributed by atoms with Gasteiger partial charge in [0.1, 0.15) is 5.60 Å². The first-order chi connectivity index (χ1) is 11.1. The van der Waals surface area contributed by atoms with Gasteiger partial charge in [0.2, 0.25) is 6.43 Å². The third-order valence-corrected chi connectivity index (χ3v) is 5.43. The summed E-state index contributed by atoms with van der Waals surface area (Å²) in [5.74, 6) is 0.109. The summed E-state index contributed by atoms with van der Waals surface area (Å²) in [5, 5.41) is 0. The van der Waals surface area contributed by atoms with Crippen molar-refractivity contribution in [2.75, 3.05) is 7.11 Å². The smallest absolute Gasteiger partial charge is 0.241 e. The number of ether oxygens (including phenoxy) is 1.